The molecule has 100 valence electrons. The van der Waals surface area contributed by atoms with Crippen molar-refractivity contribution in [2.24, 2.45) is 0 Å². The molecule has 0 radical (unpaired) electrons. The second-order valence-electron chi connectivity index (χ2n) is 4.31. The average molecular weight is 252 g/mol. The standard InChI is InChI=1S/C14H20O4/c1-15-11-18-13(14-10-17-14)7-8-16-9-12-5-3-2-4-6-12/h2-6,13-14H,7-11H2,1H3/t13-,14-/m1/s1. The molecule has 1 saturated heterocycles. The van der Waals surface area contributed by atoms with E-state index in [0.29, 0.717) is 20.0 Å². The fourth-order valence-electron chi connectivity index (χ4n) is 1.77. The summed E-state index contributed by atoms with van der Waals surface area (Å²) < 4.78 is 21.3. The van der Waals surface area contributed by atoms with Gasteiger partial charge in [-0.05, 0) is 12.0 Å². The molecule has 18 heavy (non-hydrogen) atoms. The van der Waals surface area contributed by atoms with Gasteiger partial charge in [-0.1, -0.05) is 30.3 Å². The van der Waals surface area contributed by atoms with Gasteiger partial charge >= 0.3 is 0 Å². The lowest BCUT2D eigenvalue weighted by Crippen LogP contribution is -2.23. The Morgan fingerprint density at radius 1 is 1.33 bits per heavy atom. The number of benzene rings is 1. The second-order valence-corrected chi connectivity index (χ2v) is 4.31. The summed E-state index contributed by atoms with van der Waals surface area (Å²) in [6.45, 7) is 2.41. The van der Waals surface area contributed by atoms with E-state index in [4.69, 9.17) is 18.9 Å². The van der Waals surface area contributed by atoms with E-state index in [1.807, 2.05) is 18.2 Å². The number of ether oxygens (including phenoxy) is 4. The van der Waals surface area contributed by atoms with Crippen LogP contribution in [0, 0.1) is 0 Å². The lowest BCUT2D eigenvalue weighted by Gasteiger charge is -2.15. The molecule has 1 aliphatic heterocycles. The minimum absolute atomic E-state index is 0.0840. The maximum absolute atomic E-state index is 5.63. The molecule has 0 amide bonds. The first-order valence-electron chi connectivity index (χ1n) is 6.24. The molecule has 0 N–H and O–H groups in total. The van der Waals surface area contributed by atoms with E-state index in [2.05, 4.69) is 12.1 Å². The van der Waals surface area contributed by atoms with E-state index < -0.39 is 0 Å². The molecule has 0 bridgehead atoms. The van der Waals surface area contributed by atoms with Crippen molar-refractivity contribution in [1.29, 1.82) is 0 Å². The third-order valence-electron chi connectivity index (χ3n) is 2.83. The van der Waals surface area contributed by atoms with Crippen molar-refractivity contribution in [3.63, 3.8) is 0 Å². The lowest BCUT2D eigenvalue weighted by atomic mass is 10.2. The normalized spacial score (nSPS) is 19.7. The summed E-state index contributed by atoms with van der Waals surface area (Å²) in [5.74, 6) is 0. The molecule has 1 aromatic carbocycles. The Hall–Kier alpha value is -0.940. The third kappa shape index (κ3) is 4.74. The zero-order valence-electron chi connectivity index (χ0n) is 10.7. The van der Waals surface area contributed by atoms with Gasteiger partial charge in [0.2, 0.25) is 0 Å². The van der Waals surface area contributed by atoms with Crippen LogP contribution in [0.4, 0.5) is 0 Å². The summed E-state index contributed by atoms with van der Waals surface area (Å²) in [4.78, 5) is 0. The number of hydrogen-bond acceptors (Lipinski definition) is 4. The van der Waals surface area contributed by atoms with Crippen LogP contribution in [0.15, 0.2) is 30.3 Å². The lowest BCUT2D eigenvalue weighted by molar-refractivity contribution is -0.0884. The molecular weight excluding hydrogens is 232 g/mol. The molecular formula is C14H20O4. The van der Waals surface area contributed by atoms with Crippen LogP contribution in [0.3, 0.4) is 0 Å². The summed E-state index contributed by atoms with van der Waals surface area (Å²) in [5, 5.41) is 0. The van der Waals surface area contributed by atoms with E-state index in [9.17, 15) is 0 Å². The predicted molar refractivity (Wildman–Crippen MR) is 67.2 cm³/mol. The first-order valence-corrected chi connectivity index (χ1v) is 6.24. The summed E-state index contributed by atoms with van der Waals surface area (Å²) >= 11 is 0. The van der Waals surface area contributed by atoms with Crippen molar-refractivity contribution < 1.29 is 18.9 Å². The van der Waals surface area contributed by atoms with Crippen LogP contribution in [0.5, 0.6) is 0 Å². The second kappa shape index (κ2) is 7.48. The summed E-state index contributed by atoms with van der Waals surface area (Å²) in [7, 11) is 1.62. The Morgan fingerprint density at radius 2 is 2.11 bits per heavy atom. The fraction of sp³-hybridized carbons (Fsp3) is 0.571. The first kappa shape index (κ1) is 13.5. The van der Waals surface area contributed by atoms with Gasteiger partial charge in [0.15, 0.2) is 0 Å². The zero-order chi connectivity index (χ0) is 12.6. The van der Waals surface area contributed by atoms with Crippen LogP contribution in [-0.4, -0.2) is 39.3 Å². The molecule has 4 nitrogen and oxygen atoms in total. The summed E-state index contributed by atoms with van der Waals surface area (Å²) in [5.41, 5.74) is 1.19. The number of epoxide rings is 1. The first-order chi connectivity index (χ1) is 8.90. The van der Waals surface area contributed by atoms with E-state index >= 15 is 0 Å². The Labute approximate surface area is 108 Å². The van der Waals surface area contributed by atoms with Crippen LogP contribution in [0.2, 0.25) is 0 Å². The van der Waals surface area contributed by atoms with Gasteiger partial charge in [0.05, 0.1) is 19.3 Å². The molecule has 0 unspecified atom stereocenters. The largest absolute Gasteiger partial charge is 0.377 e. The van der Waals surface area contributed by atoms with Crippen molar-refractivity contribution in [3.05, 3.63) is 35.9 Å². The topological polar surface area (TPSA) is 40.2 Å². The quantitative estimate of drug-likeness (QED) is 0.383. The van der Waals surface area contributed by atoms with E-state index in [0.717, 1.165) is 13.0 Å². The Kier molecular flexibility index (Phi) is 5.61. The third-order valence-corrected chi connectivity index (χ3v) is 2.83. The van der Waals surface area contributed by atoms with Gasteiger partial charge in [0.25, 0.3) is 0 Å². The van der Waals surface area contributed by atoms with E-state index in [1.54, 1.807) is 7.11 Å². The van der Waals surface area contributed by atoms with Crippen LogP contribution in [0.25, 0.3) is 0 Å². The van der Waals surface area contributed by atoms with E-state index in [1.165, 1.54) is 5.56 Å². The number of rotatable bonds is 9. The predicted octanol–water partition coefficient (Wildman–Crippen LogP) is 1.98. The molecule has 0 aromatic heterocycles. The summed E-state index contributed by atoms with van der Waals surface area (Å²) in [6, 6.07) is 10.1. The Balaban J connectivity index is 1.61. The highest BCUT2D eigenvalue weighted by Gasteiger charge is 2.33. The molecule has 2 atom stereocenters. The molecule has 0 saturated carbocycles. The van der Waals surface area contributed by atoms with Crippen LogP contribution < -0.4 is 0 Å². The average Bonchev–Trinajstić information content (AvgIpc) is 3.23. The zero-order valence-corrected chi connectivity index (χ0v) is 10.7. The highest BCUT2D eigenvalue weighted by Crippen LogP contribution is 2.20. The summed E-state index contributed by atoms with van der Waals surface area (Å²) in [6.07, 6.45) is 1.14. The minimum atomic E-state index is 0.0840. The number of methoxy groups -OCH3 is 1. The molecule has 1 aliphatic rings. The van der Waals surface area contributed by atoms with Crippen molar-refractivity contribution in [1.82, 2.24) is 0 Å². The Bertz CT molecular complexity index is 324. The molecule has 1 fully saturated rings. The molecule has 1 aromatic rings. The molecule has 1 heterocycles. The van der Waals surface area contributed by atoms with Crippen molar-refractivity contribution in [2.75, 3.05) is 27.1 Å². The SMILES string of the molecule is COCO[C@H](CCOCc1ccccc1)[C@H]1CO1. The van der Waals surface area contributed by atoms with Gasteiger partial charge in [-0.15, -0.1) is 0 Å². The maximum atomic E-state index is 5.63. The smallest absolute Gasteiger partial charge is 0.146 e. The monoisotopic (exact) mass is 252 g/mol. The van der Waals surface area contributed by atoms with Gasteiger partial charge in [-0.3, -0.25) is 0 Å². The van der Waals surface area contributed by atoms with Gasteiger partial charge in [-0.2, -0.15) is 0 Å². The Morgan fingerprint density at radius 3 is 2.78 bits per heavy atom. The van der Waals surface area contributed by atoms with Crippen molar-refractivity contribution >= 4 is 0 Å². The number of hydrogen-bond donors (Lipinski definition) is 0. The molecule has 4 heteroatoms. The van der Waals surface area contributed by atoms with Gasteiger partial charge in [0.1, 0.15) is 12.9 Å². The highest BCUT2D eigenvalue weighted by atomic mass is 16.7. The molecule has 0 spiro atoms. The van der Waals surface area contributed by atoms with Crippen LogP contribution in [0.1, 0.15) is 12.0 Å². The fourth-order valence-corrected chi connectivity index (χ4v) is 1.77. The van der Waals surface area contributed by atoms with Crippen LogP contribution >= 0.6 is 0 Å². The van der Waals surface area contributed by atoms with Crippen LogP contribution in [-0.2, 0) is 25.6 Å². The van der Waals surface area contributed by atoms with Crippen molar-refractivity contribution in [2.45, 2.75) is 25.2 Å². The molecule has 2 rings (SSSR count). The molecule has 0 aliphatic carbocycles. The van der Waals surface area contributed by atoms with Crippen molar-refractivity contribution in [3.8, 4) is 0 Å². The minimum Gasteiger partial charge on any atom is -0.377 e. The van der Waals surface area contributed by atoms with E-state index in [-0.39, 0.29) is 12.2 Å². The van der Waals surface area contributed by atoms with Gasteiger partial charge < -0.3 is 18.9 Å². The van der Waals surface area contributed by atoms with Gasteiger partial charge in [0, 0.05) is 13.7 Å². The van der Waals surface area contributed by atoms with Gasteiger partial charge in [-0.25, -0.2) is 0 Å². The highest BCUT2D eigenvalue weighted by molar-refractivity contribution is 5.13. The maximum Gasteiger partial charge on any atom is 0.146 e.